The molecule has 1 aromatic carbocycles. The summed E-state index contributed by atoms with van der Waals surface area (Å²) in [6, 6.07) is 8.33. The topological polar surface area (TPSA) is 127 Å². The highest BCUT2D eigenvalue weighted by Crippen LogP contribution is 2.41. The van der Waals surface area contributed by atoms with Gasteiger partial charge in [0.25, 0.3) is 5.56 Å². The second kappa shape index (κ2) is 11.2. The van der Waals surface area contributed by atoms with Gasteiger partial charge in [0.05, 0.1) is 23.0 Å². The van der Waals surface area contributed by atoms with Gasteiger partial charge in [-0.05, 0) is 73.7 Å². The normalized spacial score (nSPS) is 23.6. The van der Waals surface area contributed by atoms with E-state index in [-0.39, 0.29) is 29.9 Å². The summed E-state index contributed by atoms with van der Waals surface area (Å²) < 4.78 is 15.2. The third-order valence-electron chi connectivity index (χ3n) is 7.45. The first-order valence-corrected chi connectivity index (χ1v) is 13.1. The van der Waals surface area contributed by atoms with Gasteiger partial charge in [-0.15, -0.1) is 0 Å². The average molecular weight is 535 g/mol. The van der Waals surface area contributed by atoms with E-state index in [0.717, 1.165) is 5.56 Å². The number of nitrogens with zero attached hydrogens (tertiary/aromatic N) is 3. The Kier molecular flexibility index (Phi) is 7.69. The number of hydroxylamine groups is 1. The smallest absolute Gasteiger partial charge is 0.303 e. The van der Waals surface area contributed by atoms with Crippen LogP contribution in [0.2, 0.25) is 0 Å². The summed E-state index contributed by atoms with van der Waals surface area (Å²) in [6.07, 6.45) is 9.11. The number of allylic oxidation sites excluding steroid dienone is 4. The number of aliphatic hydroxyl groups excluding tert-OH is 1. The summed E-state index contributed by atoms with van der Waals surface area (Å²) in [5, 5.41) is 20.4. The molecule has 1 fully saturated rings. The zero-order valence-corrected chi connectivity index (χ0v) is 21.6. The fourth-order valence-corrected chi connectivity index (χ4v) is 5.28. The highest BCUT2D eigenvalue weighted by Gasteiger charge is 2.44. The Morgan fingerprint density at radius 1 is 1.28 bits per heavy atom. The number of benzene rings is 1. The van der Waals surface area contributed by atoms with E-state index in [2.05, 4.69) is 10.5 Å². The molecule has 1 aliphatic carbocycles. The number of aliphatic carboxylic acids is 1. The van der Waals surface area contributed by atoms with Gasteiger partial charge in [-0.25, -0.2) is 9.37 Å². The van der Waals surface area contributed by atoms with Gasteiger partial charge in [0.2, 0.25) is 0 Å². The van der Waals surface area contributed by atoms with Gasteiger partial charge >= 0.3 is 5.97 Å². The minimum atomic E-state index is -0.886. The van der Waals surface area contributed by atoms with Crippen molar-refractivity contribution in [3.8, 4) is 0 Å². The number of fused-ring (bicyclic) bond motifs is 1. The third kappa shape index (κ3) is 5.68. The fraction of sp³-hybridized carbons (Fsp3) is 0.379. The monoisotopic (exact) mass is 534 g/mol. The van der Waals surface area contributed by atoms with Gasteiger partial charge in [0, 0.05) is 31.7 Å². The van der Waals surface area contributed by atoms with Crippen LogP contribution in [-0.4, -0.2) is 36.3 Å². The number of pyridine rings is 1. The number of carbonyl (C=O) groups is 1. The summed E-state index contributed by atoms with van der Waals surface area (Å²) >= 11 is 0. The summed E-state index contributed by atoms with van der Waals surface area (Å²) in [5.41, 5.74) is 4.01. The molecular formula is C29H31FN4O5. The van der Waals surface area contributed by atoms with Crippen molar-refractivity contribution in [3.05, 3.63) is 94.1 Å². The van der Waals surface area contributed by atoms with E-state index < -0.39 is 17.7 Å². The van der Waals surface area contributed by atoms with Gasteiger partial charge in [0.15, 0.2) is 0 Å². The highest BCUT2D eigenvalue weighted by molar-refractivity contribution is 5.78. The number of aliphatic hydroxyl groups is 1. The van der Waals surface area contributed by atoms with Crippen molar-refractivity contribution in [2.24, 2.45) is 0 Å². The summed E-state index contributed by atoms with van der Waals surface area (Å²) in [4.78, 5) is 39.3. The van der Waals surface area contributed by atoms with Crippen molar-refractivity contribution in [2.75, 3.05) is 0 Å². The lowest BCUT2D eigenvalue weighted by molar-refractivity contribution is -0.137. The summed E-state index contributed by atoms with van der Waals surface area (Å²) in [6.45, 7) is 1.84. The molecule has 204 valence electrons. The second-order valence-corrected chi connectivity index (χ2v) is 10.3. The van der Waals surface area contributed by atoms with E-state index in [9.17, 15) is 19.1 Å². The number of carboxylic acids is 1. The Bertz CT molecular complexity index is 1490. The molecule has 1 saturated heterocycles. The molecular weight excluding hydrogens is 503 g/mol. The first-order valence-electron chi connectivity index (χ1n) is 13.1. The van der Waals surface area contributed by atoms with Crippen LogP contribution >= 0.6 is 0 Å². The standard InChI is InChI=1S/C29H31FN4O5/c1-29(27(37)18-12-14-31-15-13-18)17-24(33-39-29)19-6-11-22-23(16-19)32-25(4-2-3-5-26(35)36)34(28(22)38)21-9-7-20(30)8-10-21/h6-9,11-16,21,24,27,33,37H,2-5,10,17H2,1H3,(H,35,36)/t21?,24?,27-,29?/m0/s1. The molecule has 3 aromatic rings. The van der Waals surface area contributed by atoms with Crippen LogP contribution in [0.15, 0.2) is 71.6 Å². The zero-order chi connectivity index (χ0) is 27.6. The van der Waals surface area contributed by atoms with Gasteiger partial charge in [-0.1, -0.05) is 12.1 Å². The van der Waals surface area contributed by atoms with Crippen LogP contribution in [0, 0.1) is 0 Å². The number of rotatable bonds is 9. The van der Waals surface area contributed by atoms with E-state index in [4.69, 9.17) is 14.9 Å². The molecule has 2 aliphatic rings. The van der Waals surface area contributed by atoms with Crippen molar-refractivity contribution in [1.82, 2.24) is 20.0 Å². The Morgan fingerprint density at radius 2 is 2.08 bits per heavy atom. The molecule has 5 rings (SSSR count). The molecule has 39 heavy (non-hydrogen) atoms. The second-order valence-electron chi connectivity index (χ2n) is 10.3. The summed E-state index contributed by atoms with van der Waals surface area (Å²) in [7, 11) is 0. The minimum absolute atomic E-state index is 0.0384. The lowest BCUT2D eigenvalue weighted by atomic mass is 9.86. The van der Waals surface area contributed by atoms with E-state index in [1.807, 2.05) is 19.1 Å². The molecule has 0 spiro atoms. The lowest BCUT2D eigenvalue weighted by Crippen LogP contribution is -2.33. The lowest BCUT2D eigenvalue weighted by Gasteiger charge is -2.28. The number of aromatic nitrogens is 3. The minimum Gasteiger partial charge on any atom is -0.481 e. The Hall–Kier alpha value is -3.73. The van der Waals surface area contributed by atoms with Crippen LogP contribution < -0.4 is 11.0 Å². The Balaban J connectivity index is 1.45. The number of hydrogen-bond acceptors (Lipinski definition) is 7. The molecule has 3 heterocycles. The molecule has 0 saturated carbocycles. The van der Waals surface area contributed by atoms with Crippen molar-refractivity contribution < 1.29 is 24.2 Å². The van der Waals surface area contributed by atoms with Crippen LogP contribution in [0.4, 0.5) is 4.39 Å². The number of hydrogen-bond donors (Lipinski definition) is 3. The third-order valence-corrected chi connectivity index (χ3v) is 7.45. The Morgan fingerprint density at radius 3 is 2.79 bits per heavy atom. The molecule has 3 N–H and O–H groups in total. The Labute approximate surface area is 224 Å². The predicted molar refractivity (Wildman–Crippen MR) is 142 cm³/mol. The van der Waals surface area contributed by atoms with E-state index in [0.29, 0.717) is 54.4 Å². The molecule has 9 nitrogen and oxygen atoms in total. The van der Waals surface area contributed by atoms with Crippen molar-refractivity contribution in [2.45, 2.75) is 69.2 Å². The van der Waals surface area contributed by atoms with E-state index in [1.54, 1.807) is 41.2 Å². The molecule has 4 atom stereocenters. The van der Waals surface area contributed by atoms with Gasteiger partial charge in [0.1, 0.15) is 23.4 Å². The molecule has 0 amide bonds. The number of unbranched alkanes of at least 4 members (excludes halogenated alkanes) is 1. The predicted octanol–water partition coefficient (Wildman–Crippen LogP) is 4.40. The first-order chi connectivity index (χ1) is 18.7. The van der Waals surface area contributed by atoms with Crippen LogP contribution in [0.1, 0.15) is 74.2 Å². The van der Waals surface area contributed by atoms with Gasteiger partial charge < -0.3 is 10.2 Å². The maximum atomic E-state index is 13.7. The van der Waals surface area contributed by atoms with Crippen LogP contribution in [0.5, 0.6) is 0 Å². The molecule has 3 unspecified atom stereocenters. The van der Waals surface area contributed by atoms with Crippen molar-refractivity contribution in [1.29, 1.82) is 0 Å². The molecule has 10 heteroatoms. The molecule has 0 bridgehead atoms. The van der Waals surface area contributed by atoms with Gasteiger partial charge in [-0.3, -0.25) is 24.0 Å². The molecule has 2 aromatic heterocycles. The number of halogens is 1. The zero-order valence-electron chi connectivity index (χ0n) is 21.6. The number of aryl methyl sites for hydroxylation is 1. The van der Waals surface area contributed by atoms with Gasteiger partial charge in [-0.2, -0.15) is 5.48 Å². The summed E-state index contributed by atoms with van der Waals surface area (Å²) in [5.74, 6) is -0.673. The van der Waals surface area contributed by atoms with E-state index in [1.165, 1.54) is 12.2 Å². The van der Waals surface area contributed by atoms with Crippen molar-refractivity contribution >= 4 is 16.9 Å². The fourth-order valence-electron chi connectivity index (χ4n) is 5.28. The first kappa shape index (κ1) is 26.9. The quantitative estimate of drug-likeness (QED) is 0.345. The maximum Gasteiger partial charge on any atom is 0.303 e. The average Bonchev–Trinajstić information content (AvgIpc) is 3.35. The number of carboxylic acid groups (broad SMARTS) is 1. The maximum absolute atomic E-state index is 13.7. The van der Waals surface area contributed by atoms with Crippen LogP contribution in [0.25, 0.3) is 10.9 Å². The van der Waals surface area contributed by atoms with E-state index >= 15 is 0 Å². The highest BCUT2D eigenvalue weighted by atomic mass is 19.1. The van der Waals surface area contributed by atoms with Crippen molar-refractivity contribution in [3.63, 3.8) is 0 Å². The molecule has 0 radical (unpaired) electrons. The SMILES string of the molecule is CC1([C@@H](O)c2ccncc2)CC(c2ccc3c(=O)n(C4C=CC(F)=CC4)c(CCCCC(=O)O)nc3c2)NO1. The number of nitrogens with one attached hydrogen (secondary N) is 1. The van der Waals surface area contributed by atoms with Crippen LogP contribution in [-0.2, 0) is 16.1 Å². The molecule has 1 aliphatic heterocycles. The largest absolute Gasteiger partial charge is 0.481 e. The van der Waals surface area contributed by atoms with Crippen LogP contribution in [0.3, 0.4) is 0 Å².